The Hall–Kier alpha value is -2.29. The first kappa shape index (κ1) is 18.1. The minimum absolute atomic E-state index is 0.258. The van der Waals surface area contributed by atoms with Crippen molar-refractivity contribution in [3.8, 4) is 5.75 Å². The van der Waals surface area contributed by atoms with Crippen molar-refractivity contribution in [2.75, 3.05) is 11.8 Å². The average molecular weight is 363 g/mol. The lowest BCUT2D eigenvalue weighted by molar-refractivity contribution is -0.138. The molecule has 0 aromatic heterocycles. The molecule has 130 valence electrons. The minimum atomic E-state index is -4.72. The van der Waals surface area contributed by atoms with Gasteiger partial charge in [0, 0.05) is 5.69 Å². The number of anilines is 1. The fourth-order valence-corrected chi connectivity index (χ4v) is 3.37. The molecule has 0 spiro atoms. The summed E-state index contributed by atoms with van der Waals surface area (Å²) < 4.78 is 83.5. The summed E-state index contributed by atoms with van der Waals surface area (Å²) in [5, 5.41) is 0. The van der Waals surface area contributed by atoms with Gasteiger partial charge in [-0.05, 0) is 42.8 Å². The van der Waals surface area contributed by atoms with E-state index in [9.17, 15) is 26.0 Å². The van der Waals surface area contributed by atoms with Crippen molar-refractivity contribution in [2.45, 2.75) is 18.0 Å². The van der Waals surface area contributed by atoms with Crippen LogP contribution in [-0.2, 0) is 16.2 Å². The second kappa shape index (κ2) is 6.31. The van der Waals surface area contributed by atoms with E-state index >= 15 is 0 Å². The van der Waals surface area contributed by atoms with Crippen LogP contribution in [0.1, 0.15) is 11.1 Å². The summed E-state index contributed by atoms with van der Waals surface area (Å²) >= 11 is 0. The van der Waals surface area contributed by atoms with Crippen LogP contribution in [0.3, 0.4) is 0 Å². The van der Waals surface area contributed by atoms with Crippen molar-refractivity contribution in [3.05, 3.63) is 53.3 Å². The smallest absolute Gasteiger partial charge is 0.420 e. The third-order valence-corrected chi connectivity index (χ3v) is 4.72. The molecule has 0 bridgehead atoms. The number of hydrogen-bond acceptors (Lipinski definition) is 3. The van der Waals surface area contributed by atoms with Crippen molar-refractivity contribution >= 4 is 15.7 Å². The second-order valence-corrected chi connectivity index (χ2v) is 6.58. The van der Waals surface area contributed by atoms with Gasteiger partial charge in [-0.15, -0.1) is 0 Å². The van der Waals surface area contributed by atoms with Crippen LogP contribution in [0.25, 0.3) is 0 Å². The molecule has 2 rings (SSSR count). The number of aryl methyl sites for hydroxylation is 1. The first-order valence-corrected chi connectivity index (χ1v) is 8.07. The average Bonchev–Trinajstić information content (AvgIpc) is 2.48. The van der Waals surface area contributed by atoms with Gasteiger partial charge < -0.3 is 4.74 Å². The zero-order valence-electron chi connectivity index (χ0n) is 12.6. The van der Waals surface area contributed by atoms with E-state index in [0.717, 1.165) is 31.4 Å². The van der Waals surface area contributed by atoms with Crippen molar-refractivity contribution in [1.29, 1.82) is 0 Å². The van der Waals surface area contributed by atoms with Gasteiger partial charge in [-0.3, -0.25) is 4.72 Å². The normalized spacial score (nSPS) is 12.1. The quantitative estimate of drug-likeness (QED) is 0.837. The number of hydrogen-bond donors (Lipinski definition) is 1. The molecular weight excluding hydrogens is 350 g/mol. The topological polar surface area (TPSA) is 55.4 Å². The number of sulfonamides is 1. The van der Waals surface area contributed by atoms with Crippen LogP contribution < -0.4 is 9.46 Å². The minimum Gasteiger partial charge on any atom is -0.496 e. The maximum atomic E-state index is 13.3. The summed E-state index contributed by atoms with van der Waals surface area (Å²) in [5.41, 5.74) is -1.18. The summed E-state index contributed by atoms with van der Waals surface area (Å²) in [6, 6.07) is 5.89. The highest BCUT2D eigenvalue weighted by molar-refractivity contribution is 7.92. The van der Waals surface area contributed by atoms with E-state index in [2.05, 4.69) is 4.74 Å². The van der Waals surface area contributed by atoms with Crippen LogP contribution in [0.2, 0.25) is 0 Å². The van der Waals surface area contributed by atoms with Gasteiger partial charge in [0.25, 0.3) is 10.0 Å². The Morgan fingerprint density at radius 1 is 1.08 bits per heavy atom. The van der Waals surface area contributed by atoms with E-state index in [-0.39, 0.29) is 16.1 Å². The zero-order chi connectivity index (χ0) is 18.1. The lowest BCUT2D eigenvalue weighted by atomic mass is 10.1. The second-order valence-electron chi connectivity index (χ2n) is 4.93. The molecule has 1 N–H and O–H groups in total. The molecule has 0 aliphatic heterocycles. The maximum Gasteiger partial charge on any atom is 0.420 e. The molecule has 9 heteroatoms. The Morgan fingerprint density at radius 2 is 1.75 bits per heavy atom. The van der Waals surface area contributed by atoms with E-state index < -0.39 is 33.3 Å². The number of rotatable bonds is 4. The number of alkyl halides is 3. The molecule has 0 radical (unpaired) electrons. The van der Waals surface area contributed by atoms with Crippen LogP contribution in [0.15, 0.2) is 41.3 Å². The third-order valence-electron chi connectivity index (χ3n) is 3.20. The molecule has 0 heterocycles. The van der Waals surface area contributed by atoms with Crippen LogP contribution in [0, 0.1) is 12.7 Å². The Morgan fingerprint density at radius 3 is 2.33 bits per heavy atom. The van der Waals surface area contributed by atoms with Gasteiger partial charge in [-0.25, -0.2) is 12.8 Å². The molecule has 0 unspecified atom stereocenters. The van der Waals surface area contributed by atoms with E-state index in [0.29, 0.717) is 6.07 Å². The molecule has 0 saturated heterocycles. The lowest BCUT2D eigenvalue weighted by Gasteiger charge is -2.15. The Balaban J connectivity index is 2.45. The summed E-state index contributed by atoms with van der Waals surface area (Å²) in [6.45, 7) is 1.45. The molecule has 0 aliphatic carbocycles. The predicted octanol–water partition coefficient (Wildman–Crippen LogP) is 3.96. The first-order chi connectivity index (χ1) is 11.0. The van der Waals surface area contributed by atoms with E-state index in [1.54, 1.807) is 0 Å². The van der Waals surface area contributed by atoms with Crippen molar-refractivity contribution < 1.29 is 30.7 Å². The standard InChI is InChI=1S/C15H13F4NO3S/c1-9-3-4-10(16)7-14(9)24(21,22)20-11-5-6-13(23-2)12(8-11)15(17,18)19/h3-8,20H,1-2H3. The molecule has 2 aromatic rings. The molecule has 0 atom stereocenters. The van der Waals surface area contributed by atoms with Gasteiger partial charge in [-0.1, -0.05) is 6.07 Å². The van der Waals surface area contributed by atoms with Crippen molar-refractivity contribution in [2.24, 2.45) is 0 Å². The van der Waals surface area contributed by atoms with Gasteiger partial charge in [-0.2, -0.15) is 13.2 Å². The summed E-state index contributed by atoms with van der Waals surface area (Å²) in [6.07, 6.45) is -4.72. The molecule has 24 heavy (non-hydrogen) atoms. The fourth-order valence-electron chi connectivity index (χ4n) is 2.07. The fraction of sp³-hybridized carbons (Fsp3) is 0.200. The van der Waals surface area contributed by atoms with E-state index in [1.165, 1.54) is 13.0 Å². The SMILES string of the molecule is COc1ccc(NS(=O)(=O)c2cc(F)ccc2C)cc1C(F)(F)F. The van der Waals surface area contributed by atoms with Crippen LogP contribution in [0.5, 0.6) is 5.75 Å². The third kappa shape index (κ3) is 3.78. The highest BCUT2D eigenvalue weighted by atomic mass is 32.2. The molecule has 4 nitrogen and oxygen atoms in total. The molecule has 0 saturated carbocycles. The number of ether oxygens (including phenoxy) is 1. The largest absolute Gasteiger partial charge is 0.496 e. The number of methoxy groups -OCH3 is 1. The van der Waals surface area contributed by atoms with Crippen molar-refractivity contribution in [1.82, 2.24) is 0 Å². The summed E-state index contributed by atoms with van der Waals surface area (Å²) in [5.74, 6) is -1.21. The highest BCUT2D eigenvalue weighted by Crippen LogP contribution is 2.38. The maximum absolute atomic E-state index is 13.3. The first-order valence-electron chi connectivity index (χ1n) is 6.59. The molecule has 2 aromatic carbocycles. The van der Waals surface area contributed by atoms with Gasteiger partial charge >= 0.3 is 6.18 Å². The highest BCUT2D eigenvalue weighted by Gasteiger charge is 2.35. The molecule has 0 aliphatic rings. The van der Waals surface area contributed by atoms with Gasteiger partial charge in [0.2, 0.25) is 0 Å². The Labute approximate surface area is 136 Å². The van der Waals surface area contributed by atoms with Crippen LogP contribution >= 0.6 is 0 Å². The van der Waals surface area contributed by atoms with Gasteiger partial charge in [0.05, 0.1) is 17.6 Å². The monoisotopic (exact) mass is 363 g/mol. The van der Waals surface area contributed by atoms with Crippen molar-refractivity contribution in [3.63, 3.8) is 0 Å². The van der Waals surface area contributed by atoms with Gasteiger partial charge in [0.1, 0.15) is 11.6 Å². The molecule has 0 amide bonds. The molecular formula is C15H13F4NO3S. The van der Waals surface area contributed by atoms with Gasteiger partial charge in [0.15, 0.2) is 0 Å². The number of benzene rings is 2. The number of halogens is 4. The van der Waals surface area contributed by atoms with E-state index in [4.69, 9.17) is 0 Å². The van der Waals surface area contributed by atoms with E-state index in [1.807, 2.05) is 4.72 Å². The Bertz CT molecular complexity index is 864. The number of nitrogens with one attached hydrogen (secondary N) is 1. The van der Waals surface area contributed by atoms with Crippen LogP contribution in [0.4, 0.5) is 23.2 Å². The zero-order valence-corrected chi connectivity index (χ0v) is 13.4. The molecule has 0 fully saturated rings. The summed E-state index contributed by atoms with van der Waals surface area (Å²) in [4.78, 5) is -0.355. The lowest BCUT2D eigenvalue weighted by Crippen LogP contribution is -2.16. The Kier molecular flexibility index (Phi) is 4.75. The predicted molar refractivity (Wildman–Crippen MR) is 79.9 cm³/mol. The van der Waals surface area contributed by atoms with Crippen LogP contribution in [-0.4, -0.2) is 15.5 Å². The summed E-state index contributed by atoms with van der Waals surface area (Å²) in [7, 11) is -3.17.